The lowest BCUT2D eigenvalue weighted by Crippen LogP contribution is -2.09. The van der Waals surface area contributed by atoms with Crippen molar-refractivity contribution in [1.29, 1.82) is 0 Å². The van der Waals surface area contributed by atoms with Gasteiger partial charge < -0.3 is 10.3 Å². The Bertz CT molecular complexity index is 449. The molecule has 4 heteroatoms. The van der Waals surface area contributed by atoms with Gasteiger partial charge in [-0.2, -0.15) is 0 Å². The van der Waals surface area contributed by atoms with Crippen molar-refractivity contribution in [3.05, 3.63) is 48.3 Å². The number of nitrogens with two attached hydrogens (primary N) is 1. The fourth-order valence-corrected chi connectivity index (χ4v) is 1.53. The van der Waals surface area contributed by atoms with Gasteiger partial charge in [-0.3, -0.25) is 0 Å². The fraction of sp³-hybridized carbons (Fsp3) is 0.182. The molecule has 0 unspecified atom stereocenters. The highest BCUT2D eigenvalue weighted by Crippen LogP contribution is 2.20. The Balaban J connectivity index is 2.56. The van der Waals surface area contributed by atoms with Crippen molar-refractivity contribution in [3.8, 4) is 5.69 Å². The predicted molar refractivity (Wildman–Crippen MR) is 56.1 cm³/mol. The number of hydrogen-bond donors (Lipinski definition) is 1. The third-order valence-electron chi connectivity index (χ3n) is 2.26. The normalized spacial score (nSPS) is 12.7. The van der Waals surface area contributed by atoms with E-state index in [1.807, 2.05) is 11.5 Å². The standard InChI is InChI=1S/C11H12FN3/c1-8(13)10-6-9(12)2-3-11(10)15-5-4-14-7-15/h2-8H,13H2,1H3/t8-/m0/s1. The molecular weight excluding hydrogens is 193 g/mol. The third kappa shape index (κ3) is 1.89. The average Bonchev–Trinajstić information content (AvgIpc) is 2.70. The number of hydrogen-bond acceptors (Lipinski definition) is 2. The summed E-state index contributed by atoms with van der Waals surface area (Å²) in [5.74, 6) is -0.272. The van der Waals surface area contributed by atoms with Crippen LogP contribution in [-0.2, 0) is 0 Å². The highest BCUT2D eigenvalue weighted by molar-refractivity contribution is 5.43. The van der Waals surface area contributed by atoms with Gasteiger partial charge in [-0.25, -0.2) is 9.37 Å². The summed E-state index contributed by atoms with van der Waals surface area (Å²) in [6, 6.07) is 4.37. The molecule has 1 heterocycles. The molecule has 0 aliphatic carbocycles. The second kappa shape index (κ2) is 3.82. The number of nitrogens with zero attached hydrogens (tertiary/aromatic N) is 2. The first-order valence-electron chi connectivity index (χ1n) is 4.72. The van der Waals surface area contributed by atoms with Gasteiger partial charge in [0.25, 0.3) is 0 Å². The van der Waals surface area contributed by atoms with E-state index in [-0.39, 0.29) is 11.9 Å². The molecule has 0 amide bonds. The van der Waals surface area contributed by atoms with Crippen molar-refractivity contribution < 1.29 is 4.39 Å². The number of rotatable bonds is 2. The van der Waals surface area contributed by atoms with Crippen LogP contribution in [0.1, 0.15) is 18.5 Å². The molecule has 2 aromatic rings. The zero-order valence-corrected chi connectivity index (χ0v) is 8.39. The van der Waals surface area contributed by atoms with Crippen LogP contribution in [0.15, 0.2) is 36.9 Å². The van der Waals surface area contributed by atoms with Crippen molar-refractivity contribution in [2.45, 2.75) is 13.0 Å². The Labute approximate surface area is 87.4 Å². The lowest BCUT2D eigenvalue weighted by Gasteiger charge is -2.13. The average molecular weight is 205 g/mol. The van der Waals surface area contributed by atoms with E-state index in [0.717, 1.165) is 11.3 Å². The van der Waals surface area contributed by atoms with E-state index < -0.39 is 0 Å². The summed E-state index contributed by atoms with van der Waals surface area (Å²) in [4.78, 5) is 3.95. The Morgan fingerprint density at radius 3 is 2.87 bits per heavy atom. The van der Waals surface area contributed by atoms with Crippen LogP contribution in [0.2, 0.25) is 0 Å². The van der Waals surface area contributed by atoms with E-state index in [9.17, 15) is 4.39 Å². The molecule has 1 atom stereocenters. The Morgan fingerprint density at radius 2 is 2.27 bits per heavy atom. The van der Waals surface area contributed by atoms with Crippen LogP contribution >= 0.6 is 0 Å². The summed E-state index contributed by atoms with van der Waals surface area (Å²) in [7, 11) is 0. The van der Waals surface area contributed by atoms with Gasteiger partial charge in [0.05, 0.1) is 12.0 Å². The second-order valence-electron chi connectivity index (χ2n) is 3.46. The molecule has 0 aliphatic rings. The molecule has 1 aromatic carbocycles. The van der Waals surface area contributed by atoms with Crippen molar-refractivity contribution in [3.63, 3.8) is 0 Å². The van der Waals surface area contributed by atoms with Gasteiger partial charge in [0, 0.05) is 18.4 Å². The Kier molecular flexibility index (Phi) is 2.51. The third-order valence-corrected chi connectivity index (χ3v) is 2.26. The summed E-state index contributed by atoms with van der Waals surface area (Å²) < 4.78 is 14.9. The first-order valence-corrected chi connectivity index (χ1v) is 4.72. The number of halogens is 1. The summed E-state index contributed by atoms with van der Waals surface area (Å²) in [6.07, 6.45) is 5.15. The lowest BCUT2D eigenvalue weighted by molar-refractivity contribution is 0.621. The van der Waals surface area contributed by atoms with Crippen LogP contribution < -0.4 is 5.73 Å². The van der Waals surface area contributed by atoms with Gasteiger partial charge in [0.2, 0.25) is 0 Å². The van der Waals surface area contributed by atoms with E-state index >= 15 is 0 Å². The zero-order valence-electron chi connectivity index (χ0n) is 8.39. The van der Waals surface area contributed by atoms with Gasteiger partial charge in [0.1, 0.15) is 5.82 Å². The maximum Gasteiger partial charge on any atom is 0.123 e. The first kappa shape index (κ1) is 9.86. The molecule has 0 saturated carbocycles. The highest BCUT2D eigenvalue weighted by atomic mass is 19.1. The molecule has 78 valence electrons. The molecule has 3 nitrogen and oxygen atoms in total. The van der Waals surface area contributed by atoms with Crippen molar-refractivity contribution in [2.75, 3.05) is 0 Å². The van der Waals surface area contributed by atoms with Crippen molar-refractivity contribution in [1.82, 2.24) is 9.55 Å². The number of benzene rings is 1. The smallest absolute Gasteiger partial charge is 0.123 e. The van der Waals surface area contributed by atoms with Gasteiger partial charge >= 0.3 is 0 Å². The van der Waals surface area contributed by atoms with Gasteiger partial charge in [-0.1, -0.05) is 0 Å². The largest absolute Gasteiger partial charge is 0.324 e. The van der Waals surface area contributed by atoms with Crippen LogP contribution in [0.4, 0.5) is 4.39 Å². The molecule has 0 aliphatic heterocycles. The van der Waals surface area contributed by atoms with E-state index in [4.69, 9.17) is 5.73 Å². The van der Waals surface area contributed by atoms with Gasteiger partial charge in [0.15, 0.2) is 0 Å². The maximum absolute atomic E-state index is 13.1. The molecule has 2 rings (SSSR count). The molecule has 1 aromatic heterocycles. The van der Waals surface area contributed by atoms with E-state index in [0.29, 0.717) is 0 Å². The molecular formula is C11H12FN3. The minimum absolute atomic E-state index is 0.210. The molecule has 0 fully saturated rings. The van der Waals surface area contributed by atoms with Crippen molar-refractivity contribution in [2.24, 2.45) is 5.73 Å². The topological polar surface area (TPSA) is 43.8 Å². The fourth-order valence-electron chi connectivity index (χ4n) is 1.53. The van der Waals surface area contributed by atoms with Crippen LogP contribution in [0, 0.1) is 5.82 Å². The van der Waals surface area contributed by atoms with Crippen LogP contribution in [0.3, 0.4) is 0 Å². The summed E-state index contributed by atoms with van der Waals surface area (Å²) in [5, 5.41) is 0. The van der Waals surface area contributed by atoms with Crippen LogP contribution in [0.25, 0.3) is 5.69 Å². The van der Waals surface area contributed by atoms with Crippen LogP contribution in [-0.4, -0.2) is 9.55 Å². The first-order chi connectivity index (χ1) is 7.18. The molecule has 0 spiro atoms. The summed E-state index contributed by atoms with van der Waals surface area (Å²) in [5.41, 5.74) is 7.43. The molecule has 2 N–H and O–H groups in total. The Hall–Kier alpha value is -1.68. The van der Waals surface area contributed by atoms with E-state index in [1.54, 1.807) is 24.8 Å². The minimum atomic E-state index is -0.272. The van der Waals surface area contributed by atoms with Gasteiger partial charge in [-0.15, -0.1) is 0 Å². The molecule has 15 heavy (non-hydrogen) atoms. The molecule has 0 saturated heterocycles. The van der Waals surface area contributed by atoms with Gasteiger partial charge in [-0.05, 0) is 30.7 Å². The zero-order chi connectivity index (χ0) is 10.8. The van der Waals surface area contributed by atoms with E-state index in [2.05, 4.69) is 4.98 Å². The maximum atomic E-state index is 13.1. The summed E-state index contributed by atoms with van der Waals surface area (Å²) >= 11 is 0. The number of imidazole rings is 1. The quantitative estimate of drug-likeness (QED) is 0.815. The monoisotopic (exact) mass is 205 g/mol. The Morgan fingerprint density at radius 1 is 1.47 bits per heavy atom. The van der Waals surface area contributed by atoms with Crippen molar-refractivity contribution >= 4 is 0 Å². The van der Waals surface area contributed by atoms with Crippen LogP contribution in [0.5, 0.6) is 0 Å². The second-order valence-corrected chi connectivity index (χ2v) is 3.46. The SMILES string of the molecule is C[C@H](N)c1cc(F)ccc1-n1ccnc1. The minimum Gasteiger partial charge on any atom is -0.324 e. The molecule has 0 radical (unpaired) electrons. The molecule has 0 bridgehead atoms. The summed E-state index contributed by atoms with van der Waals surface area (Å²) in [6.45, 7) is 1.83. The van der Waals surface area contributed by atoms with E-state index in [1.165, 1.54) is 12.1 Å². The predicted octanol–water partition coefficient (Wildman–Crippen LogP) is 2.03. The number of aromatic nitrogens is 2. The lowest BCUT2D eigenvalue weighted by atomic mass is 10.1. The highest BCUT2D eigenvalue weighted by Gasteiger charge is 2.09.